The van der Waals surface area contributed by atoms with E-state index in [4.69, 9.17) is 0 Å². The molecular formula is C18H16FN7OS2. The summed E-state index contributed by atoms with van der Waals surface area (Å²) in [4.78, 5) is 23.2. The molecule has 3 heterocycles. The molecule has 1 amide bonds. The number of fused-ring (bicyclic) bond motifs is 1. The molecule has 1 aromatic carbocycles. The Morgan fingerprint density at radius 2 is 2.10 bits per heavy atom. The van der Waals surface area contributed by atoms with Gasteiger partial charge in [0.05, 0.1) is 5.75 Å². The molecule has 0 saturated carbocycles. The number of rotatable bonds is 5. The van der Waals surface area contributed by atoms with Gasteiger partial charge < -0.3 is 5.32 Å². The van der Waals surface area contributed by atoms with Crippen molar-refractivity contribution in [2.24, 2.45) is 0 Å². The maximum absolute atomic E-state index is 14.2. The predicted molar refractivity (Wildman–Crippen MR) is 110 cm³/mol. The molecule has 0 spiro atoms. The number of carbonyl (C=O) groups is 1. The molecule has 8 nitrogen and oxygen atoms in total. The van der Waals surface area contributed by atoms with Gasteiger partial charge in [-0.15, -0.1) is 16.4 Å². The number of benzene rings is 1. The zero-order chi connectivity index (χ0) is 20.5. The van der Waals surface area contributed by atoms with E-state index in [2.05, 4.69) is 30.8 Å². The minimum atomic E-state index is -0.487. The van der Waals surface area contributed by atoms with Crippen molar-refractivity contribution in [3.8, 4) is 5.69 Å². The van der Waals surface area contributed by atoms with Gasteiger partial charge in [-0.3, -0.25) is 4.79 Å². The van der Waals surface area contributed by atoms with Crippen LogP contribution in [-0.4, -0.2) is 41.8 Å². The van der Waals surface area contributed by atoms with Gasteiger partial charge in [-0.2, -0.15) is 4.68 Å². The molecule has 3 aromatic heterocycles. The fourth-order valence-electron chi connectivity index (χ4n) is 2.80. The van der Waals surface area contributed by atoms with Gasteiger partial charge in [0.25, 0.3) is 0 Å². The Hall–Kier alpha value is -2.92. The number of halogens is 1. The number of aromatic nitrogens is 6. The molecule has 29 heavy (non-hydrogen) atoms. The number of anilines is 1. The molecule has 0 atom stereocenters. The first kappa shape index (κ1) is 19.4. The third-order valence-corrected chi connectivity index (χ3v) is 6.46. The van der Waals surface area contributed by atoms with Crippen LogP contribution in [0.3, 0.4) is 0 Å². The van der Waals surface area contributed by atoms with Crippen LogP contribution in [0, 0.1) is 26.6 Å². The van der Waals surface area contributed by atoms with Crippen molar-refractivity contribution in [1.82, 2.24) is 30.2 Å². The zero-order valence-electron chi connectivity index (χ0n) is 15.8. The first-order chi connectivity index (χ1) is 13.9. The Kier molecular flexibility index (Phi) is 5.24. The quantitative estimate of drug-likeness (QED) is 0.383. The van der Waals surface area contributed by atoms with Gasteiger partial charge in [0.15, 0.2) is 5.82 Å². The van der Waals surface area contributed by atoms with E-state index in [1.807, 2.05) is 13.8 Å². The highest BCUT2D eigenvalue weighted by atomic mass is 32.2. The van der Waals surface area contributed by atoms with E-state index >= 15 is 0 Å². The van der Waals surface area contributed by atoms with Gasteiger partial charge in [-0.1, -0.05) is 11.8 Å². The number of amides is 1. The summed E-state index contributed by atoms with van der Waals surface area (Å²) in [7, 11) is 0. The lowest BCUT2D eigenvalue weighted by molar-refractivity contribution is -0.113. The number of thiophene rings is 1. The Balaban J connectivity index is 1.49. The highest BCUT2D eigenvalue weighted by Crippen LogP contribution is 2.34. The van der Waals surface area contributed by atoms with E-state index in [0.29, 0.717) is 11.5 Å². The second-order valence-corrected chi connectivity index (χ2v) is 8.45. The largest absolute Gasteiger partial charge is 0.325 e. The molecule has 4 aromatic rings. The van der Waals surface area contributed by atoms with Crippen LogP contribution in [0.4, 0.5) is 10.1 Å². The SMILES string of the molecule is Cc1sc2ncnc(SCC(=O)Nc3ccc(F)c(-n4nnnc4C)c3)c2c1C. The third kappa shape index (κ3) is 3.83. The summed E-state index contributed by atoms with van der Waals surface area (Å²) in [5.41, 5.74) is 1.76. The fourth-order valence-corrected chi connectivity index (χ4v) is 4.71. The Labute approximate surface area is 173 Å². The van der Waals surface area contributed by atoms with E-state index in [1.165, 1.54) is 45.8 Å². The van der Waals surface area contributed by atoms with Crippen LogP contribution in [0.5, 0.6) is 0 Å². The van der Waals surface area contributed by atoms with Gasteiger partial charge in [0.2, 0.25) is 5.91 Å². The Bertz CT molecular complexity index is 1220. The van der Waals surface area contributed by atoms with Crippen LogP contribution in [-0.2, 0) is 4.79 Å². The predicted octanol–water partition coefficient (Wildman–Crippen LogP) is 3.46. The van der Waals surface area contributed by atoms with E-state index in [1.54, 1.807) is 18.3 Å². The van der Waals surface area contributed by atoms with Crippen LogP contribution in [0.2, 0.25) is 0 Å². The highest BCUT2D eigenvalue weighted by molar-refractivity contribution is 8.00. The summed E-state index contributed by atoms with van der Waals surface area (Å²) in [6.45, 7) is 5.74. The molecule has 0 unspecified atom stereocenters. The fraction of sp³-hybridized carbons (Fsp3) is 0.222. The average molecular weight is 430 g/mol. The average Bonchev–Trinajstić information content (AvgIpc) is 3.25. The van der Waals surface area contributed by atoms with E-state index in [0.717, 1.165) is 20.8 Å². The topological polar surface area (TPSA) is 98.5 Å². The minimum Gasteiger partial charge on any atom is -0.325 e. The van der Waals surface area contributed by atoms with E-state index in [9.17, 15) is 9.18 Å². The van der Waals surface area contributed by atoms with Gasteiger partial charge in [0, 0.05) is 16.0 Å². The van der Waals surface area contributed by atoms with Crippen molar-refractivity contribution in [3.05, 3.63) is 46.6 Å². The minimum absolute atomic E-state index is 0.164. The lowest BCUT2D eigenvalue weighted by Crippen LogP contribution is -2.15. The summed E-state index contributed by atoms with van der Waals surface area (Å²) in [5.74, 6) is -0.106. The number of hydrogen-bond acceptors (Lipinski definition) is 8. The molecule has 0 saturated heterocycles. The van der Waals surface area contributed by atoms with Gasteiger partial charge in [-0.25, -0.2) is 14.4 Å². The Morgan fingerprint density at radius 1 is 1.28 bits per heavy atom. The van der Waals surface area contributed by atoms with Gasteiger partial charge >= 0.3 is 0 Å². The molecule has 11 heteroatoms. The van der Waals surface area contributed by atoms with Crippen molar-refractivity contribution in [2.45, 2.75) is 25.8 Å². The normalized spacial score (nSPS) is 11.2. The van der Waals surface area contributed by atoms with Gasteiger partial charge in [-0.05, 0) is 55.0 Å². The van der Waals surface area contributed by atoms with Crippen LogP contribution < -0.4 is 5.32 Å². The molecule has 148 valence electrons. The van der Waals surface area contributed by atoms with Crippen molar-refractivity contribution < 1.29 is 9.18 Å². The van der Waals surface area contributed by atoms with Crippen molar-refractivity contribution in [1.29, 1.82) is 0 Å². The zero-order valence-corrected chi connectivity index (χ0v) is 17.4. The second kappa shape index (κ2) is 7.84. The molecule has 0 aliphatic heterocycles. The van der Waals surface area contributed by atoms with Crippen LogP contribution >= 0.6 is 23.1 Å². The van der Waals surface area contributed by atoms with E-state index in [-0.39, 0.29) is 17.3 Å². The summed E-state index contributed by atoms with van der Waals surface area (Å²) in [5, 5.41) is 15.6. The molecule has 0 aliphatic carbocycles. The molecule has 0 bridgehead atoms. The summed E-state index contributed by atoms with van der Waals surface area (Å²) in [6.07, 6.45) is 1.51. The number of thioether (sulfide) groups is 1. The number of hydrogen-bond donors (Lipinski definition) is 1. The molecule has 0 radical (unpaired) electrons. The maximum atomic E-state index is 14.2. The van der Waals surface area contributed by atoms with Crippen molar-refractivity contribution >= 4 is 44.9 Å². The highest BCUT2D eigenvalue weighted by Gasteiger charge is 2.15. The third-order valence-electron chi connectivity index (χ3n) is 4.35. The lowest BCUT2D eigenvalue weighted by atomic mass is 10.2. The molecule has 0 aliphatic rings. The Morgan fingerprint density at radius 3 is 2.86 bits per heavy atom. The van der Waals surface area contributed by atoms with Crippen molar-refractivity contribution in [3.63, 3.8) is 0 Å². The molecule has 0 fully saturated rings. The summed E-state index contributed by atoms with van der Waals surface area (Å²) in [6, 6.07) is 4.26. The van der Waals surface area contributed by atoms with Crippen LogP contribution in [0.1, 0.15) is 16.3 Å². The first-order valence-electron chi connectivity index (χ1n) is 8.62. The number of carbonyl (C=O) groups excluding carboxylic acids is 1. The second-order valence-electron chi connectivity index (χ2n) is 6.28. The summed E-state index contributed by atoms with van der Waals surface area (Å²) >= 11 is 2.96. The molecule has 4 rings (SSSR count). The van der Waals surface area contributed by atoms with Gasteiger partial charge in [0.1, 0.15) is 27.7 Å². The standard InChI is InChI=1S/C18H16FN7OS2/c1-9-10(2)29-18-16(9)17(20-8-21-18)28-7-15(27)22-12-4-5-13(19)14(6-12)26-11(3)23-24-25-26/h4-6,8H,7H2,1-3H3,(H,22,27). The lowest BCUT2D eigenvalue weighted by Gasteiger charge is -2.09. The number of nitrogens with one attached hydrogen (secondary N) is 1. The maximum Gasteiger partial charge on any atom is 0.234 e. The van der Waals surface area contributed by atoms with Crippen molar-refractivity contribution in [2.75, 3.05) is 11.1 Å². The molecule has 1 N–H and O–H groups in total. The molecular weight excluding hydrogens is 413 g/mol. The monoisotopic (exact) mass is 429 g/mol. The summed E-state index contributed by atoms with van der Waals surface area (Å²) < 4.78 is 15.4. The first-order valence-corrected chi connectivity index (χ1v) is 10.4. The van der Waals surface area contributed by atoms with E-state index < -0.39 is 5.82 Å². The smallest absolute Gasteiger partial charge is 0.234 e. The number of nitrogens with zero attached hydrogens (tertiary/aromatic N) is 6. The van der Waals surface area contributed by atoms with Crippen LogP contribution in [0.25, 0.3) is 15.9 Å². The van der Waals surface area contributed by atoms with Crippen LogP contribution in [0.15, 0.2) is 29.6 Å². The number of tetrazole rings is 1. The number of aryl methyl sites for hydroxylation is 3.